The molecule has 1 aromatic heterocycles. The van der Waals surface area contributed by atoms with Gasteiger partial charge >= 0.3 is 0 Å². The predicted octanol–water partition coefficient (Wildman–Crippen LogP) is 2.08. The molecule has 0 saturated heterocycles. The lowest BCUT2D eigenvalue weighted by atomic mass is 10.1. The maximum absolute atomic E-state index is 13.0. The minimum Gasteiger partial charge on any atom is -0.494 e. The number of benzene rings is 1. The molecule has 3 rings (SSSR count). The third kappa shape index (κ3) is 2.76. The number of hydrogen-bond acceptors (Lipinski definition) is 5. The molecule has 1 aromatic carbocycles. The molecule has 2 aromatic rings. The highest BCUT2D eigenvalue weighted by atomic mass is 32.1. The molecular formula is C15H11FN4O3S. The van der Waals surface area contributed by atoms with Crippen molar-refractivity contribution in [2.24, 2.45) is 5.10 Å². The number of aromatic nitrogens is 2. The summed E-state index contributed by atoms with van der Waals surface area (Å²) in [5.74, 6) is -1.38. The van der Waals surface area contributed by atoms with Crippen LogP contribution in [0.3, 0.4) is 0 Å². The van der Waals surface area contributed by atoms with Gasteiger partial charge in [0.1, 0.15) is 11.4 Å². The highest BCUT2D eigenvalue weighted by molar-refractivity contribution is 7.71. The Balaban J connectivity index is 2.04. The quantitative estimate of drug-likeness (QED) is 0.572. The van der Waals surface area contributed by atoms with Crippen LogP contribution in [-0.4, -0.2) is 26.7 Å². The molecule has 1 amide bonds. The summed E-state index contributed by atoms with van der Waals surface area (Å²) in [4.78, 5) is 29.1. The first-order chi connectivity index (χ1) is 11.4. The van der Waals surface area contributed by atoms with E-state index in [1.54, 1.807) is 6.92 Å². The third-order valence-electron chi connectivity index (χ3n) is 3.38. The summed E-state index contributed by atoms with van der Waals surface area (Å²) < 4.78 is 13.0. The molecule has 122 valence electrons. The van der Waals surface area contributed by atoms with Crippen molar-refractivity contribution in [3.05, 3.63) is 56.3 Å². The van der Waals surface area contributed by atoms with Crippen molar-refractivity contribution >= 4 is 35.6 Å². The lowest BCUT2D eigenvalue weighted by molar-refractivity contribution is -0.114. The molecule has 1 aliphatic rings. The van der Waals surface area contributed by atoms with E-state index in [1.807, 2.05) is 0 Å². The fourth-order valence-electron chi connectivity index (χ4n) is 2.20. The Morgan fingerprint density at radius 2 is 1.92 bits per heavy atom. The largest absolute Gasteiger partial charge is 0.494 e. The van der Waals surface area contributed by atoms with Gasteiger partial charge in [0.25, 0.3) is 11.5 Å². The second-order valence-corrected chi connectivity index (χ2v) is 5.42. The van der Waals surface area contributed by atoms with E-state index in [2.05, 4.69) is 15.1 Å². The molecule has 0 saturated carbocycles. The number of aromatic amines is 2. The number of amides is 1. The lowest BCUT2D eigenvalue weighted by Crippen LogP contribution is -2.21. The van der Waals surface area contributed by atoms with Gasteiger partial charge in [-0.2, -0.15) is 10.1 Å². The number of halogens is 1. The molecule has 24 heavy (non-hydrogen) atoms. The summed E-state index contributed by atoms with van der Waals surface area (Å²) in [5, 5.41) is 15.0. The van der Waals surface area contributed by atoms with Crippen molar-refractivity contribution in [1.82, 2.24) is 9.97 Å². The summed E-state index contributed by atoms with van der Waals surface area (Å²) in [6.07, 6.45) is 1.23. The molecule has 0 fully saturated rings. The second-order valence-electron chi connectivity index (χ2n) is 5.01. The Hall–Kier alpha value is -3.07. The summed E-state index contributed by atoms with van der Waals surface area (Å²) in [6.45, 7) is 1.59. The molecule has 0 unspecified atom stereocenters. The van der Waals surface area contributed by atoms with Crippen LogP contribution >= 0.6 is 12.2 Å². The van der Waals surface area contributed by atoms with E-state index in [4.69, 9.17) is 12.2 Å². The summed E-state index contributed by atoms with van der Waals surface area (Å²) in [7, 11) is 0. The average molecular weight is 346 g/mol. The molecule has 0 bridgehead atoms. The van der Waals surface area contributed by atoms with Crippen LogP contribution in [0.4, 0.5) is 10.1 Å². The molecule has 0 spiro atoms. The van der Waals surface area contributed by atoms with Gasteiger partial charge in [-0.05, 0) is 49.5 Å². The lowest BCUT2D eigenvalue weighted by Gasteiger charge is -2.11. The van der Waals surface area contributed by atoms with Gasteiger partial charge in [-0.3, -0.25) is 14.6 Å². The maximum Gasteiger partial charge on any atom is 0.280 e. The van der Waals surface area contributed by atoms with Crippen molar-refractivity contribution < 1.29 is 14.3 Å². The van der Waals surface area contributed by atoms with Crippen LogP contribution in [0.2, 0.25) is 0 Å². The number of carbonyl (C=O) groups is 1. The monoisotopic (exact) mass is 346 g/mol. The van der Waals surface area contributed by atoms with Crippen molar-refractivity contribution in [3.63, 3.8) is 0 Å². The van der Waals surface area contributed by atoms with E-state index in [-0.39, 0.29) is 15.9 Å². The first-order valence-electron chi connectivity index (χ1n) is 6.79. The standard InChI is InChI=1S/C15H11FN4O3S/c1-7-10(6-11-12(21)17-15(24)18-13(11)22)14(23)20(19-7)9-4-2-8(16)3-5-9/h2-6H,1H3,(H3,17,18,21,22,24)/b10-6+. The summed E-state index contributed by atoms with van der Waals surface area (Å²) in [6, 6.07) is 5.25. The van der Waals surface area contributed by atoms with Gasteiger partial charge < -0.3 is 10.1 Å². The number of anilines is 1. The van der Waals surface area contributed by atoms with E-state index >= 15 is 0 Å². The van der Waals surface area contributed by atoms with Crippen LogP contribution in [0, 0.1) is 10.6 Å². The fourth-order valence-corrected chi connectivity index (χ4v) is 2.39. The number of rotatable bonds is 2. The first-order valence-corrected chi connectivity index (χ1v) is 7.20. The van der Waals surface area contributed by atoms with Crippen LogP contribution in [-0.2, 0) is 4.79 Å². The van der Waals surface area contributed by atoms with Gasteiger partial charge in [-0.1, -0.05) is 0 Å². The number of hydrogen-bond donors (Lipinski definition) is 3. The molecule has 9 heteroatoms. The van der Waals surface area contributed by atoms with Crippen LogP contribution < -0.4 is 10.6 Å². The Morgan fingerprint density at radius 3 is 2.54 bits per heavy atom. The van der Waals surface area contributed by atoms with Gasteiger partial charge in [0.05, 0.1) is 17.0 Å². The number of nitrogens with zero attached hydrogens (tertiary/aromatic N) is 2. The fraction of sp³-hybridized carbons (Fsp3) is 0.0667. The number of aromatic hydroxyl groups is 1. The number of nitrogens with one attached hydrogen (secondary N) is 2. The number of H-pyrrole nitrogens is 2. The van der Waals surface area contributed by atoms with Crippen LogP contribution in [0.5, 0.6) is 5.88 Å². The van der Waals surface area contributed by atoms with Crippen molar-refractivity contribution in [2.75, 3.05) is 5.01 Å². The Morgan fingerprint density at radius 1 is 1.25 bits per heavy atom. The van der Waals surface area contributed by atoms with E-state index in [0.717, 1.165) is 5.01 Å². The zero-order chi connectivity index (χ0) is 17.4. The predicted molar refractivity (Wildman–Crippen MR) is 88.9 cm³/mol. The topological polar surface area (TPSA) is 102 Å². The van der Waals surface area contributed by atoms with Gasteiger partial charge in [0.15, 0.2) is 4.77 Å². The van der Waals surface area contributed by atoms with E-state index < -0.39 is 23.2 Å². The van der Waals surface area contributed by atoms with Gasteiger partial charge in [0.2, 0.25) is 5.88 Å². The Labute approximate surface area is 139 Å². The van der Waals surface area contributed by atoms with Crippen molar-refractivity contribution in [3.8, 4) is 5.88 Å². The summed E-state index contributed by atoms with van der Waals surface area (Å²) in [5.41, 5.74) is 0.0954. The maximum atomic E-state index is 13.0. The molecule has 7 nitrogen and oxygen atoms in total. The Kier molecular flexibility index (Phi) is 3.86. The number of carbonyl (C=O) groups excluding carboxylic acids is 1. The molecule has 3 N–H and O–H groups in total. The molecule has 0 aliphatic carbocycles. The molecule has 1 aliphatic heterocycles. The molecule has 2 heterocycles. The van der Waals surface area contributed by atoms with Crippen LogP contribution in [0.1, 0.15) is 12.5 Å². The van der Waals surface area contributed by atoms with Crippen LogP contribution in [0.25, 0.3) is 6.08 Å². The van der Waals surface area contributed by atoms with E-state index in [9.17, 15) is 19.1 Å². The van der Waals surface area contributed by atoms with E-state index in [0.29, 0.717) is 11.4 Å². The minimum atomic E-state index is -0.635. The number of hydrazone groups is 1. The smallest absolute Gasteiger partial charge is 0.280 e. The van der Waals surface area contributed by atoms with Crippen LogP contribution in [0.15, 0.2) is 39.7 Å². The zero-order valence-corrected chi connectivity index (χ0v) is 13.1. The highest BCUT2D eigenvalue weighted by Crippen LogP contribution is 2.25. The SMILES string of the molecule is CC1=NN(c2ccc(F)cc2)C(=O)/C1=C/c1c(O)[nH]c(=S)[nH]c1=O. The third-order valence-corrected chi connectivity index (χ3v) is 3.59. The minimum absolute atomic E-state index is 0.0317. The first kappa shape index (κ1) is 15.8. The van der Waals surface area contributed by atoms with E-state index in [1.165, 1.54) is 30.3 Å². The average Bonchev–Trinajstić information content (AvgIpc) is 2.79. The van der Waals surface area contributed by atoms with Crippen molar-refractivity contribution in [2.45, 2.75) is 6.92 Å². The second kappa shape index (κ2) is 5.85. The molecular weight excluding hydrogens is 335 g/mol. The van der Waals surface area contributed by atoms with Gasteiger partial charge in [-0.25, -0.2) is 4.39 Å². The molecule has 0 radical (unpaired) electrons. The normalized spacial score (nSPS) is 15.9. The van der Waals surface area contributed by atoms with Crippen molar-refractivity contribution in [1.29, 1.82) is 0 Å². The van der Waals surface area contributed by atoms with Gasteiger partial charge in [-0.15, -0.1) is 0 Å². The highest BCUT2D eigenvalue weighted by Gasteiger charge is 2.29. The van der Waals surface area contributed by atoms with Gasteiger partial charge in [0, 0.05) is 0 Å². The summed E-state index contributed by atoms with van der Waals surface area (Å²) >= 11 is 4.75. The Bertz CT molecular complexity index is 1000. The zero-order valence-electron chi connectivity index (χ0n) is 12.3. The molecule has 0 atom stereocenters.